The van der Waals surface area contributed by atoms with E-state index >= 15 is 0 Å². The lowest BCUT2D eigenvalue weighted by Crippen LogP contribution is -1.93. The first-order chi connectivity index (χ1) is 5.15. The summed E-state index contributed by atoms with van der Waals surface area (Å²) in [6.45, 7) is 0. The molecule has 11 heavy (non-hydrogen) atoms. The fourth-order valence-corrected chi connectivity index (χ4v) is 1.27. The molecular formula is C6H5Cl3N2. The number of pyridine rings is 1. The smallest absolute Gasteiger partial charge is 0.147 e. The van der Waals surface area contributed by atoms with Crippen LogP contribution in [-0.2, 0) is 0 Å². The van der Waals surface area contributed by atoms with Crippen LogP contribution in [0.3, 0.4) is 0 Å². The van der Waals surface area contributed by atoms with Crippen LogP contribution >= 0.6 is 34.8 Å². The van der Waals surface area contributed by atoms with Crippen LogP contribution in [0.25, 0.3) is 0 Å². The molecule has 0 aliphatic heterocycles. The minimum Gasteiger partial charge on any atom is -0.372 e. The van der Waals surface area contributed by atoms with Gasteiger partial charge in [-0.3, -0.25) is 0 Å². The largest absolute Gasteiger partial charge is 0.372 e. The quantitative estimate of drug-likeness (QED) is 0.722. The van der Waals surface area contributed by atoms with Crippen molar-refractivity contribution in [2.24, 2.45) is 0 Å². The zero-order valence-electron chi connectivity index (χ0n) is 5.66. The van der Waals surface area contributed by atoms with E-state index in [1.54, 1.807) is 7.05 Å². The van der Waals surface area contributed by atoms with Crippen molar-refractivity contribution in [3.8, 4) is 0 Å². The number of aromatic nitrogens is 1. The average Bonchev–Trinajstić information content (AvgIpc) is 1.96. The molecule has 0 fully saturated rings. The van der Waals surface area contributed by atoms with Crippen LogP contribution in [0.2, 0.25) is 15.2 Å². The molecule has 0 radical (unpaired) electrons. The van der Waals surface area contributed by atoms with Gasteiger partial charge in [-0.15, -0.1) is 0 Å². The molecule has 1 aromatic rings. The van der Waals surface area contributed by atoms with Crippen LogP contribution < -0.4 is 5.32 Å². The molecule has 0 aliphatic carbocycles. The molecule has 0 saturated heterocycles. The maximum Gasteiger partial charge on any atom is 0.147 e. The minimum absolute atomic E-state index is 0.323. The molecule has 1 heterocycles. The van der Waals surface area contributed by atoms with Crippen LogP contribution in [0.1, 0.15) is 0 Å². The lowest BCUT2D eigenvalue weighted by atomic mass is 10.4. The molecule has 0 spiro atoms. The molecule has 2 nitrogen and oxygen atoms in total. The van der Waals surface area contributed by atoms with Crippen LogP contribution in [0.4, 0.5) is 5.82 Å². The maximum absolute atomic E-state index is 5.75. The van der Waals surface area contributed by atoms with Gasteiger partial charge in [0.2, 0.25) is 0 Å². The highest BCUT2D eigenvalue weighted by molar-refractivity contribution is 6.44. The Hall–Kier alpha value is -0.180. The lowest BCUT2D eigenvalue weighted by Gasteiger charge is -2.03. The van der Waals surface area contributed by atoms with Crippen LogP contribution in [0.15, 0.2) is 6.07 Å². The first-order valence-corrected chi connectivity index (χ1v) is 3.98. The van der Waals surface area contributed by atoms with Crippen molar-refractivity contribution in [2.75, 3.05) is 12.4 Å². The van der Waals surface area contributed by atoms with Gasteiger partial charge in [0.05, 0.1) is 5.02 Å². The monoisotopic (exact) mass is 210 g/mol. The summed E-state index contributed by atoms with van der Waals surface area (Å²) in [5.41, 5.74) is 0. The van der Waals surface area contributed by atoms with Gasteiger partial charge >= 0.3 is 0 Å². The highest BCUT2D eigenvalue weighted by Gasteiger charge is 2.05. The minimum atomic E-state index is 0.323. The predicted octanol–water partition coefficient (Wildman–Crippen LogP) is 3.08. The van der Waals surface area contributed by atoms with Gasteiger partial charge in [-0.1, -0.05) is 34.8 Å². The van der Waals surface area contributed by atoms with Crippen molar-refractivity contribution < 1.29 is 0 Å². The Morgan fingerprint density at radius 2 is 2.00 bits per heavy atom. The lowest BCUT2D eigenvalue weighted by molar-refractivity contribution is 1.29. The summed E-state index contributed by atoms with van der Waals surface area (Å²) in [7, 11) is 1.70. The van der Waals surface area contributed by atoms with Gasteiger partial charge in [0.25, 0.3) is 0 Å². The third kappa shape index (κ3) is 1.89. The van der Waals surface area contributed by atoms with E-state index in [9.17, 15) is 0 Å². The average molecular weight is 211 g/mol. The molecule has 0 amide bonds. The summed E-state index contributed by atoms with van der Waals surface area (Å²) < 4.78 is 0. The molecule has 1 rings (SSSR count). The Kier molecular flexibility index (Phi) is 2.82. The van der Waals surface area contributed by atoms with Gasteiger partial charge in [-0.2, -0.15) is 0 Å². The van der Waals surface area contributed by atoms with Crippen LogP contribution in [0.5, 0.6) is 0 Å². The van der Waals surface area contributed by atoms with E-state index < -0.39 is 0 Å². The number of nitrogens with one attached hydrogen (secondary N) is 1. The zero-order chi connectivity index (χ0) is 8.43. The molecule has 0 saturated carbocycles. The summed E-state index contributed by atoms with van der Waals surface area (Å²) in [6, 6.07) is 1.49. The number of hydrogen-bond acceptors (Lipinski definition) is 2. The van der Waals surface area contributed by atoms with Gasteiger partial charge in [-0.25, -0.2) is 4.98 Å². The highest BCUT2D eigenvalue weighted by Crippen LogP contribution is 2.30. The van der Waals surface area contributed by atoms with E-state index in [1.165, 1.54) is 6.07 Å². The van der Waals surface area contributed by atoms with Gasteiger partial charge < -0.3 is 5.32 Å². The van der Waals surface area contributed by atoms with E-state index in [0.29, 0.717) is 21.0 Å². The molecule has 1 N–H and O–H groups in total. The van der Waals surface area contributed by atoms with Gasteiger partial charge in [-0.05, 0) is 6.07 Å². The maximum atomic E-state index is 5.75. The van der Waals surface area contributed by atoms with Crippen LogP contribution in [-0.4, -0.2) is 12.0 Å². The first kappa shape index (κ1) is 8.91. The second-order valence-corrected chi connectivity index (χ2v) is 3.01. The molecule has 0 atom stereocenters. The Labute approximate surface area is 79.5 Å². The second-order valence-electron chi connectivity index (χ2n) is 1.84. The van der Waals surface area contributed by atoms with E-state index in [-0.39, 0.29) is 0 Å². The van der Waals surface area contributed by atoms with Crippen molar-refractivity contribution in [3.05, 3.63) is 21.3 Å². The van der Waals surface area contributed by atoms with Gasteiger partial charge in [0.15, 0.2) is 0 Å². The summed E-state index contributed by atoms with van der Waals surface area (Å²) in [4.78, 5) is 3.89. The standard InChI is InChI=1S/C6H5Cl3N2/c1-10-6-5(9)3(7)2-4(8)11-6/h2H,1H3,(H,10,11). The van der Waals surface area contributed by atoms with Crippen molar-refractivity contribution in [1.29, 1.82) is 0 Å². The van der Waals surface area contributed by atoms with E-state index in [2.05, 4.69) is 10.3 Å². The van der Waals surface area contributed by atoms with E-state index in [0.717, 1.165) is 0 Å². The van der Waals surface area contributed by atoms with Gasteiger partial charge in [0.1, 0.15) is 16.0 Å². The molecule has 0 bridgehead atoms. The summed E-state index contributed by atoms with van der Waals surface area (Å²) in [6.07, 6.45) is 0. The molecule has 0 aromatic carbocycles. The molecular weight excluding hydrogens is 206 g/mol. The molecule has 60 valence electrons. The highest BCUT2D eigenvalue weighted by atomic mass is 35.5. The van der Waals surface area contributed by atoms with Crippen molar-refractivity contribution >= 4 is 40.6 Å². The van der Waals surface area contributed by atoms with E-state index in [4.69, 9.17) is 34.8 Å². The number of hydrogen-bond donors (Lipinski definition) is 1. The van der Waals surface area contributed by atoms with Crippen molar-refractivity contribution in [2.45, 2.75) is 0 Å². The van der Waals surface area contributed by atoms with Crippen LogP contribution in [0, 0.1) is 0 Å². The first-order valence-electron chi connectivity index (χ1n) is 2.84. The van der Waals surface area contributed by atoms with Crippen molar-refractivity contribution in [1.82, 2.24) is 4.98 Å². The summed E-state index contributed by atoms with van der Waals surface area (Å²) in [5.74, 6) is 0.490. The predicted molar refractivity (Wildman–Crippen MR) is 48.8 cm³/mol. The topological polar surface area (TPSA) is 24.9 Å². The third-order valence-electron chi connectivity index (χ3n) is 1.12. The normalized spacial score (nSPS) is 9.82. The Morgan fingerprint density at radius 1 is 1.36 bits per heavy atom. The fourth-order valence-electron chi connectivity index (χ4n) is 0.635. The van der Waals surface area contributed by atoms with E-state index in [1.807, 2.05) is 0 Å². The molecule has 5 heteroatoms. The zero-order valence-corrected chi connectivity index (χ0v) is 7.93. The summed E-state index contributed by atoms with van der Waals surface area (Å²) in [5, 5.41) is 3.87. The molecule has 0 aliphatic rings. The number of nitrogens with zero attached hydrogens (tertiary/aromatic N) is 1. The SMILES string of the molecule is CNc1nc(Cl)cc(Cl)c1Cl. The number of rotatable bonds is 1. The number of anilines is 1. The number of halogens is 3. The second kappa shape index (κ2) is 3.48. The molecule has 0 unspecified atom stereocenters. The Bertz CT molecular complexity index is 275. The fraction of sp³-hybridized carbons (Fsp3) is 0.167. The Balaban J connectivity index is 3.24. The molecule has 1 aromatic heterocycles. The Morgan fingerprint density at radius 3 is 2.55 bits per heavy atom. The summed E-state index contributed by atoms with van der Waals surface area (Å²) >= 11 is 17.1. The third-order valence-corrected chi connectivity index (χ3v) is 2.09. The van der Waals surface area contributed by atoms with Gasteiger partial charge in [0, 0.05) is 7.05 Å². The van der Waals surface area contributed by atoms with Crippen molar-refractivity contribution in [3.63, 3.8) is 0 Å².